The zero-order valence-electron chi connectivity index (χ0n) is 15.0. The number of halogens is 1. The highest BCUT2D eigenvalue weighted by Gasteiger charge is 2.20. The number of thiazole rings is 1. The van der Waals surface area contributed by atoms with E-state index < -0.39 is 0 Å². The maximum absolute atomic E-state index is 13.1. The molecule has 3 aromatic rings. The zero-order valence-corrected chi connectivity index (χ0v) is 15.8. The van der Waals surface area contributed by atoms with Crippen LogP contribution >= 0.6 is 11.3 Å². The summed E-state index contributed by atoms with van der Waals surface area (Å²) in [6.07, 6.45) is 1.49. The van der Waals surface area contributed by atoms with Crippen LogP contribution in [0.15, 0.2) is 53.9 Å². The predicted octanol–water partition coefficient (Wildman–Crippen LogP) is 4.32. The summed E-state index contributed by atoms with van der Waals surface area (Å²) in [5, 5.41) is 5.10. The Hall–Kier alpha value is -3.06. The molecule has 0 saturated carbocycles. The summed E-state index contributed by atoms with van der Waals surface area (Å²) < 4.78 is 13.1. The number of hydrogen-bond donors (Lipinski definition) is 1. The number of carbonyl (C=O) groups is 2. The lowest BCUT2D eigenvalue weighted by molar-refractivity contribution is -0.128. The number of nitrogens with one attached hydrogen (secondary N) is 1. The van der Waals surface area contributed by atoms with Gasteiger partial charge in [0.05, 0.1) is 5.69 Å². The second-order valence-electron chi connectivity index (χ2n) is 6.62. The van der Waals surface area contributed by atoms with Crippen molar-refractivity contribution in [2.45, 2.75) is 19.4 Å². The monoisotopic (exact) mass is 395 g/mol. The Bertz CT molecular complexity index is 1020. The third kappa shape index (κ3) is 4.09. The summed E-state index contributed by atoms with van der Waals surface area (Å²) in [5.41, 5.74) is 2.91. The van der Waals surface area contributed by atoms with Crippen molar-refractivity contribution in [3.05, 3.63) is 70.9 Å². The SMILES string of the molecule is O=C(Nc1nc(-c2ccc(F)cc2)cs1)c1cccc(CN2CCCC2=O)c1. The van der Waals surface area contributed by atoms with Gasteiger partial charge < -0.3 is 4.90 Å². The van der Waals surface area contributed by atoms with E-state index in [1.807, 2.05) is 22.4 Å². The normalized spacial score (nSPS) is 13.8. The van der Waals surface area contributed by atoms with Crippen LogP contribution in [0.4, 0.5) is 9.52 Å². The van der Waals surface area contributed by atoms with E-state index in [1.54, 1.807) is 24.3 Å². The molecule has 1 fully saturated rings. The third-order valence-corrected chi connectivity index (χ3v) is 5.36. The Kier molecular flexibility index (Phi) is 5.16. The van der Waals surface area contributed by atoms with Crippen molar-refractivity contribution >= 4 is 28.3 Å². The minimum Gasteiger partial charge on any atom is -0.338 e. The van der Waals surface area contributed by atoms with E-state index in [2.05, 4.69) is 10.3 Å². The molecule has 7 heteroatoms. The topological polar surface area (TPSA) is 62.3 Å². The van der Waals surface area contributed by atoms with Gasteiger partial charge in [-0.3, -0.25) is 14.9 Å². The fraction of sp³-hybridized carbons (Fsp3) is 0.190. The third-order valence-electron chi connectivity index (χ3n) is 4.60. The molecule has 28 heavy (non-hydrogen) atoms. The molecule has 0 aliphatic carbocycles. The van der Waals surface area contributed by atoms with E-state index in [0.717, 1.165) is 24.1 Å². The van der Waals surface area contributed by atoms with E-state index in [1.165, 1.54) is 23.5 Å². The summed E-state index contributed by atoms with van der Waals surface area (Å²) in [7, 11) is 0. The average Bonchev–Trinajstić information content (AvgIpc) is 3.32. The highest BCUT2D eigenvalue weighted by atomic mass is 32.1. The van der Waals surface area contributed by atoms with Gasteiger partial charge in [0, 0.05) is 36.0 Å². The molecule has 0 radical (unpaired) electrons. The van der Waals surface area contributed by atoms with Gasteiger partial charge >= 0.3 is 0 Å². The summed E-state index contributed by atoms with van der Waals surface area (Å²) in [5.74, 6) is -0.399. The highest BCUT2D eigenvalue weighted by Crippen LogP contribution is 2.25. The van der Waals surface area contributed by atoms with Crippen molar-refractivity contribution < 1.29 is 14.0 Å². The maximum Gasteiger partial charge on any atom is 0.257 e. The first-order valence-corrected chi connectivity index (χ1v) is 9.86. The first-order valence-electron chi connectivity index (χ1n) is 8.98. The van der Waals surface area contributed by atoms with Gasteiger partial charge in [-0.05, 0) is 48.4 Å². The molecule has 142 valence electrons. The average molecular weight is 395 g/mol. The smallest absolute Gasteiger partial charge is 0.257 e. The molecule has 1 saturated heterocycles. The van der Waals surface area contributed by atoms with E-state index in [-0.39, 0.29) is 17.6 Å². The Morgan fingerprint density at radius 1 is 1.21 bits per heavy atom. The van der Waals surface area contributed by atoms with E-state index in [4.69, 9.17) is 0 Å². The van der Waals surface area contributed by atoms with Gasteiger partial charge in [-0.15, -0.1) is 11.3 Å². The van der Waals surface area contributed by atoms with Crippen molar-refractivity contribution in [2.24, 2.45) is 0 Å². The fourth-order valence-electron chi connectivity index (χ4n) is 3.16. The predicted molar refractivity (Wildman–Crippen MR) is 107 cm³/mol. The largest absolute Gasteiger partial charge is 0.338 e. The molecule has 2 heterocycles. The van der Waals surface area contributed by atoms with Gasteiger partial charge in [0.25, 0.3) is 5.91 Å². The molecule has 0 atom stereocenters. The van der Waals surface area contributed by atoms with Crippen LogP contribution in [0.2, 0.25) is 0 Å². The van der Waals surface area contributed by atoms with Crippen molar-refractivity contribution in [1.82, 2.24) is 9.88 Å². The molecule has 1 aliphatic rings. The van der Waals surface area contributed by atoms with Crippen LogP contribution in [0, 0.1) is 5.82 Å². The van der Waals surface area contributed by atoms with Crippen LogP contribution in [0.5, 0.6) is 0 Å². The first-order chi connectivity index (χ1) is 13.6. The molecule has 1 aliphatic heterocycles. The van der Waals surface area contributed by atoms with Gasteiger partial charge in [0.2, 0.25) is 5.91 Å². The van der Waals surface area contributed by atoms with E-state index >= 15 is 0 Å². The summed E-state index contributed by atoms with van der Waals surface area (Å²) >= 11 is 1.31. The molecule has 5 nitrogen and oxygen atoms in total. The lowest BCUT2D eigenvalue weighted by Gasteiger charge is -2.15. The molecule has 2 aromatic carbocycles. The van der Waals surface area contributed by atoms with Crippen molar-refractivity contribution in [1.29, 1.82) is 0 Å². The number of amides is 2. The minimum atomic E-state index is -0.303. The minimum absolute atomic E-state index is 0.158. The molecule has 0 bridgehead atoms. The number of anilines is 1. The fourth-order valence-corrected chi connectivity index (χ4v) is 3.87. The summed E-state index contributed by atoms with van der Waals surface area (Å²) in [4.78, 5) is 30.6. The molecule has 0 unspecified atom stereocenters. The van der Waals surface area contributed by atoms with Crippen LogP contribution in [-0.4, -0.2) is 28.2 Å². The van der Waals surface area contributed by atoms with Crippen LogP contribution in [-0.2, 0) is 11.3 Å². The second kappa shape index (κ2) is 7.90. The van der Waals surface area contributed by atoms with Crippen LogP contribution in [0.3, 0.4) is 0 Å². The number of nitrogens with zero attached hydrogens (tertiary/aromatic N) is 2. The lowest BCUT2D eigenvalue weighted by atomic mass is 10.1. The standard InChI is InChI=1S/C21H18FN3O2S/c22-17-8-6-15(7-9-17)18-13-28-21(23-18)24-20(27)16-4-1-3-14(11-16)12-25-10-2-5-19(25)26/h1,3-4,6-9,11,13H,2,5,10,12H2,(H,23,24,27). The molecule has 1 N–H and O–H groups in total. The Morgan fingerprint density at radius 2 is 2.04 bits per heavy atom. The van der Waals surface area contributed by atoms with Gasteiger partial charge in [-0.2, -0.15) is 0 Å². The number of likely N-dealkylation sites (tertiary alicyclic amines) is 1. The number of benzene rings is 2. The molecular formula is C21H18FN3O2S. The zero-order chi connectivity index (χ0) is 19.5. The van der Waals surface area contributed by atoms with E-state index in [0.29, 0.717) is 29.4 Å². The lowest BCUT2D eigenvalue weighted by Crippen LogP contribution is -2.24. The highest BCUT2D eigenvalue weighted by molar-refractivity contribution is 7.14. The summed E-state index contributed by atoms with van der Waals surface area (Å²) in [6, 6.07) is 13.3. The first kappa shape index (κ1) is 18.3. The number of aromatic nitrogens is 1. The molecule has 0 spiro atoms. The Labute approximate surface area is 165 Å². The van der Waals surface area contributed by atoms with E-state index in [9.17, 15) is 14.0 Å². The van der Waals surface area contributed by atoms with Crippen LogP contribution < -0.4 is 5.32 Å². The molecule has 4 rings (SSSR count). The van der Waals surface area contributed by atoms with Gasteiger partial charge in [-0.25, -0.2) is 9.37 Å². The Balaban J connectivity index is 1.44. The number of hydrogen-bond acceptors (Lipinski definition) is 4. The van der Waals surface area contributed by atoms with Gasteiger partial charge in [0.1, 0.15) is 5.82 Å². The van der Waals surface area contributed by atoms with Crippen LogP contribution in [0.25, 0.3) is 11.3 Å². The second-order valence-corrected chi connectivity index (χ2v) is 7.48. The van der Waals surface area contributed by atoms with Gasteiger partial charge in [0.15, 0.2) is 5.13 Å². The van der Waals surface area contributed by atoms with Gasteiger partial charge in [-0.1, -0.05) is 12.1 Å². The van der Waals surface area contributed by atoms with Crippen molar-refractivity contribution in [3.63, 3.8) is 0 Å². The van der Waals surface area contributed by atoms with Crippen molar-refractivity contribution in [3.8, 4) is 11.3 Å². The quantitative estimate of drug-likeness (QED) is 0.700. The summed E-state index contributed by atoms with van der Waals surface area (Å²) in [6.45, 7) is 1.28. The molecule has 2 amide bonds. The molecular weight excluding hydrogens is 377 g/mol. The number of rotatable bonds is 5. The Morgan fingerprint density at radius 3 is 2.79 bits per heavy atom. The van der Waals surface area contributed by atoms with Crippen molar-refractivity contribution in [2.75, 3.05) is 11.9 Å². The van der Waals surface area contributed by atoms with Crippen LogP contribution in [0.1, 0.15) is 28.8 Å². The maximum atomic E-state index is 13.1. The molecule has 1 aromatic heterocycles. The number of carbonyl (C=O) groups excluding carboxylic acids is 2.